The van der Waals surface area contributed by atoms with Crippen LogP contribution in [-0.2, 0) is 0 Å². The van der Waals surface area contributed by atoms with Crippen molar-refractivity contribution in [2.75, 3.05) is 6.54 Å². The molecule has 2 saturated carbocycles. The number of nitrogens with zero attached hydrogens (tertiary/aromatic N) is 1. The van der Waals surface area contributed by atoms with Crippen molar-refractivity contribution in [2.45, 2.75) is 38.6 Å². The molecule has 110 valence electrons. The fourth-order valence-electron chi connectivity index (χ4n) is 4.72. The first-order chi connectivity index (χ1) is 10.3. The minimum atomic E-state index is 0.511. The molecule has 2 aliphatic rings. The van der Waals surface area contributed by atoms with Crippen molar-refractivity contribution in [3.63, 3.8) is 0 Å². The van der Waals surface area contributed by atoms with Gasteiger partial charge in [-0.1, -0.05) is 31.5 Å². The molecule has 4 atom stereocenters. The van der Waals surface area contributed by atoms with E-state index in [2.05, 4.69) is 41.5 Å². The quantitative estimate of drug-likeness (QED) is 0.902. The molecule has 2 fully saturated rings. The van der Waals surface area contributed by atoms with Gasteiger partial charge in [-0.15, -0.1) is 0 Å². The summed E-state index contributed by atoms with van der Waals surface area (Å²) in [5, 5.41) is 5.00. The second-order valence-corrected chi connectivity index (χ2v) is 6.83. The fourth-order valence-corrected chi connectivity index (χ4v) is 4.72. The zero-order chi connectivity index (χ0) is 14.2. The van der Waals surface area contributed by atoms with Crippen LogP contribution in [0.2, 0.25) is 0 Å². The number of aromatic nitrogens is 1. The number of rotatable bonds is 4. The van der Waals surface area contributed by atoms with Gasteiger partial charge in [0.1, 0.15) is 0 Å². The van der Waals surface area contributed by atoms with Gasteiger partial charge in [0, 0.05) is 17.6 Å². The van der Waals surface area contributed by atoms with E-state index < -0.39 is 0 Å². The predicted octanol–water partition coefficient (Wildman–Crippen LogP) is 4.32. The lowest BCUT2D eigenvalue weighted by Crippen LogP contribution is -2.31. The van der Waals surface area contributed by atoms with Gasteiger partial charge in [0.2, 0.25) is 0 Å². The van der Waals surface area contributed by atoms with Crippen molar-refractivity contribution in [2.24, 2.45) is 17.8 Å². The van der Waals surface area contributed by atoms with E-state index in [0.717, 1.165) is 29.8 Å². The van der Waals surface area contributed by atoms with Gasteiger partial charge < -0.3 is 5.32 Å². The first-order valence-electron chi connectivity index (χ1n) is 8.43. The molecule has 1 aromatic heterocycles. The number of hydrogen-bond acceptors (Lipinski definition) is 2. The van der Waals surface area contributed by atoms with Crippen molar-refractivity contribution in [3.05, 3.63) is 42.1 Å². The molecule has 0 saturated heterocycles. The summed E-state index contributed by atoms with van der Waals surface area (Å²) in [6.07, 6.45) is 7.70. The molecule has 21 heavy (non-hydrogen) atoms. The lowest BCUT2D eigenvalue weighted by molar-refractivity contribution is 0.253. The molecule has 0 aliphatic heterocycles. The van der Waals surface area contributed by atoms with E-state index in [1.165, 1.54) is 36.6 Å². The summed E-state index contributed by atoms with van der Waals surface area (Å²) in [5.74, 6) is 2.77. The monoisotopic (exact) mass is 280 g/mol. The highest BCUT2D eigenvalue weighted by atomic mass is 14.9. The van der Waals surface area contributed by atoms with Crippen LogP contribution in [0.4, 0.5) is 0 Å². The van der Waals surface area contributed by atoms with Gasteiger partial charge in [0.05, 0.1) is 5.52 Å². The van der Waals surface area contributed by atoms with Gasteiger partial charge in [-0.05, 0) is 61.3 Å². The first kappa shape index (κ1) is 13.3. The van der Waals surface area contributed by atoms with Gasteiger partial charge >= 0.3 is 0 Å². The zero-order valence-electron chi connectivity index (χ0n) is 12.8. The van der Waals surface area contributed by atoms with E-state index in [1.54, 1.807) is 0 Å². The maximum absolute atomic E-state index is 4.53. The molecule has 4 unspecified atom stereocenters. The Morgan fingerprint density at radius 3 is 2.95 bits per heavy atom. The minimum Gasteiger partial charge on any atom is -0.310 e. The Bertz CT molecular complexity index is 636. The summed E-state index contributed by atoms with van der Waals surface area (Å²) in [4.78, 5) is 4.53. The van der Waals surface area contributed by atoms with E-state index >= 15 is 0 Å². The second kappa shape index (κ2) is 5.42. The van der Waals surface area contributed by atoms with Crippen molar-refractivity contribution in [1.82, 2.24) is 10.3 Å². The van der Waals surface area contributed by atoms with E-state index in [-0.39, 0.29) is 0 Å². The zero-order valence-corrected chi connectivity index (χ0v) is 12.8. The van der Waals surface area contributed by atoms with Crippen LogP contribution >= 0.6 is 0 Å². The van der Waals surface area contributed by atoms with Crippen LogP contribution in [0.25, 0.3) is 10.9 Å². The van der Waals surface area contributed by atoms with E-state index in [1.807, 2.05) is 12.3 Å². The normalized spacial score (nSPS) is 29.1. The molecule has 0 radical (unpaired) electrons. The second-order valence-electron chi connectivity index (χ2n) is 6.83. The fraction of sp³-hybridized carbons (Fsp3) is 0.526. The van der Waals surface area contributed by atoms with Crippen LogP contribution in [0.3, 0.4) is 0 Å². The molecule has 0 amide bonds. The number of nitrogens with one attached hydrogen (secondary N) is 1. The molecule has 2 aliphatic carbocycles. The maximum atomic E-state index is 4.53. The number of benzene rings is 1. The number of hydrogen-bond donors (Lipinski definition) is 1. The van der Waals surface area contributed by atoms with E-state index in [0.29, 0.717) is 6.04 Å². The molecular weight excluding hydrogens is 256 g/mol. The van der Waals surface area contributed by atoms with E-state index in [9.17, 15) is 0 Å². The summed E-state index contributed by atoms with van der Waals surface area (Å²) < 4.78 is 0. The van der Waals surface area contributed by atoms with Crippen LogP contribution in [-0.4, -0.2) is 11.5 Å². The summed E-state index contributed by atoms with van der Waals surface area (Å²) in [7, 11) is 0. The Morgan fingerprint density at radius 2 is 2.19 bits per heavy atom. The van der Waals surface area contributed by atoms with Crippen LogP contribution in [0, 0.1) is 17.8 Å². The third-order valence-electron chi connectivity index (χ3n) is 5.63. The van der Waals surface area contributed by atoms with Crippen LogP contribution in [0.1, 0.15) is 44.2 Å². The summed E-state index contributed by atoms with van der Waals surface area (Å²) in [6, 6.07) is 11.5. The molecular formula is C19H24N2. The maximum Gasteiger partial charge on any atom is 0.0705 e. The molecule has 1 aromatic carbocycles. The molecule has 2 nitrogen and oxygen atoms in total. The molecule has 0 spiro atoms. The SMILES string of the molecule is CCNC(c1ccc2cccnc2c1)C1CC2CCC1C2. The lowest BCUT2D eigenvalue weighted by atomic mass is 9.80. The Morgan fingerprint density at radius 1 is 1.24 bits per heavy atom. The minimum absolute atomic E-state index is 0.511. The molecule has 1 N–H and O–H groups in total. The number of fused-ring (bicyclic) bond motifs is 3. The standard InChI is InChI=1S/C19H24N2/c1-2-20-19(17-11-13-5-6-15(17)10-13)16-8-7-14-4-3-9-21-18(14)12-16/h3-4,7-9,12-13,15,17,19-20H,2,5-6,10-11H2,1H3. The van der Waals surface area contributed by atoms with Gasteiger partial charge in [-0.2, -0.15) is 0 Å². The summed E-state index contributed by atoms with van der Waals surface area (Å²) >= 11 is 0. The topological polar surface area (TPSA) is 24.9 Å². The highest BCUT2D eigenvalue weighted by molar-refractivity contribution is 5.79. The smallest absolute Gasteiger partial charge is 0.0705 e. The van der Waals surface area contributed by atoms with Crippen LogP contribution < -0.4 is 5.32 Å². The van der Waals surface area contributed by atoms with Crippen molar-refractivity contribution >= 4 is 10.9 Å². The van der Waals surface area contributed by atoms with E-state index in [4.69, 9.17) is 0 Å². The van der Waals surface area contributed by atoms with Crippen molar-refractivity contribution in [1.29, 1.82) is 0 Å². The highest BCUT2D eigenvalue weighted by Gasteiger charge is 2.43. The molecule has 2 bridgehead atoms. The van der Waals surface area contributed by atoms with Gasteiger partial charge in [0.15, 0.2) is 0 Å². The first-order valence-corrected chi connectivity index (χ1v) is 8.43. The van der Waals surface area contributed by atoms with Crippen molar-refractivity contribution < 1.29 is 0 Å². The molecule has 4 rings (SSSR count). The van der Waals surface area contributed by atoms with Crippen molar-refractivity contribution in [3.8, 4) is 0 Å². The van der Waals surface area contributed by atoms with Crippen LogP contribution in [0.15, 0.2) is 36.5 Å². The molecule has 1 heterocycles. The Kier molecular flexibility index (Phi) is 3.42. The van der Waals surface area contributed by atoms with Gasteiger partial charge in [0.25, 0.3) is 0 Å². The summed E-state index contributed by atoms with van der Waals surface area (Å²) in [5.41, 5.74) is 2.56. The summed E-state index contributed by atoms with van der Waals surface area (Å²) in [6.45, 7) is 3.26. The van der Waals surface area contributed by atoms with Gasteiger partial charge in [-0.25, -0.2) is 0 Å². The third kappa shape index (κ3) is 2.36. The third-order valence-corrected chi connectivity index (χ3v) is 5.63. The predicted molar refractivity (Wildman–Crippen MR) is 87.1 cm³/mol. The Labute approximate surface area is 127 Å². The Hall–Kier alpha value is -1.41. The van der Waals surface area contributed by atoms with Gasteiger partial charge in [-0.3, -0.25) is 4.98 Å². The Balaban J connectivity index is 1.68. The lowest BCUT2D eigenvalue weighted by Gasteiger charge is -2.31. The largest absolute Gasteiger partial charge is 0.310 e. The average Bonchev–Trinajstić information content (AvgIpc) is 3.15. The average molecular weight is 280 g/mol. The number of pyridine rings is 1. The highest BCUT2D eigenvalue weighted by Crippen LogP contribution is 2.52. The molecule has 2 aromatic rings. The van der Waals surface area contributed by atoms with Crippen LogP contribution in [0.5, 0.6) is 0 Å². The molecule has 2 heteroatoms.